The number of amides is 1. The molecule has 0 aromatic rings. The van der Waals surface area contributed by atoms with Gasteiger partial charge in [0.25, 0.3) is 0 Å². The van der Waals surface area contributed by atoms with E-state index in [0.717, 1.165) is 0 Å². The molecule has 0 aromatic carbocycles. The molecule has 0 bridgehead atoms. The minimum Gasteiger partial charge on any atom is -0.396 e. The normalized spacial score (nSPS) is 21.9. The lowest BCUT2D eigenvalue weighted by atomic mass is 9.94. The van der Waals surface area contributed by atoms with E-state index in [2.05, 4.69) is 19.2 Å². The van der Waals surface area contributed by atoms with E-state index in [4.69, 9.17) is 5.11 Å². The van der Waals surface area contributed by atoms with Crippen molar-refractivity contribution in [2.45, 2.75) is 52.0 Å². The second-order valence-electron chi connectivity index (χ2n) is 6.07. The van der Waals surface area contributed by atoms with Crippen LogP contribution in [0.15, 0.2) is 0 Å². The summed E-state index contributed by atoms with van der Waals surface area (Å²) in [5, 5.41) is 12.2. The van der Waals surface area contributed by atoms with Crippen LogP contribution < -0.4 is 5.32 Å². The lowest BCUT2D eigenvalue weighted by molar-refractivity contribution is -0.127. The molecule has 3 heteroatoms. The summed E-state index contributed by atoms with van der Waals surface area (Å²) < 4.78 is 0. The van der Waals surface area contributed by atoms with Gasteiger partial charge in [0.1, 0.15) is 0 Å². The van der Waals surface area contributed by atoms with Crippen LogP contribution in [0.4, 0.5) is 0 Å². The van der Waals surface area contributed by atoms with Gasteiger partial charge in [-0.1, -0.05) is 13.8 Å². The molecule has 0 spiro atoms. The third-order valence-corrected chi connectivity index (χ3v) is 4.13. The summed E-state index contributed by atoms with van der Waals surface area (Å²) in [6.07, 6.45) is 5.62. The fourth-order valence-electron chi connectivity index (χ4n) is 2.71. The van der Waals surface area contributed by atoms with Crippen molar-refractivity contribution in [2.24, 2.45) is 23.7 Å². The van der Waals surface area contributed by atoms with Crippen molar-refractivity contribution in [1.29, 1.82) is 0 Å². The van der Waals surface area contributed by atoms with Gasteiger partial charge in [0.05, 0.1) is 0 Å². The number of hydrogen-bond acceptors (Lipinski definition) is 2. The lowest BCUT2D eigenvalue weighted by Gasteiger charge is -2.25. The van der Waals surface area contributed by atoms with E-state index in [1.54, 1.807) is 0 Å². The first-order valence-corrected chi connectivity index (χ1v) is 7.04. The molecule has 2 rings (SSSR count). The monoisotopic (exact) mass is 239 g/mol. The van der Waals surface area contributed by atoms with Crippen molar-refractivity contribution in [3.63, 3.8) is 0 Å². The fourth-order valence-corrected chi connectivity index (χ4v) is 2.71. The zero-order chi connectivity index (χ0) is 12.4. The van der Waals surface area contributed by atoms with Crippen molar-refractivity contribution >= 4 is 5.91 Å². The number of nitrogens with one attached hydrogen (secondary N) is 1. The summed E-state index contributed by atoms with van der Waals surface area (Å²) >= 11 is 0. The molecule has 1 atom stereocenters. The number of aliphatic hydroxyl groups is 1. The van der Waals surface area contributed by atoms with Crippen molar-refractivity contribution in [2.75, 3.05) is 6.61 Å². The number of hydrogen-bond donors (Lipinski definition) is 2. The van der Waals surface area contributed by atoms with Crippen molar-refractivity contribution in [3.8, 4) is 0 Å². The van der Waals surface area contributed by atoms with Gasteiger partial charge in [0.2, 0.25) is 5.91 Å². The highest BCUT2D eigenvalue weighted by Gasteiger charge is 2.45. The summed E-state index contributed by atoms with van der Waals surface area (Å²) in [6.45, 7) is 4.36. The first kappa shape index (κ1) is 12.9. The minimum atomic E-state index is 0.132. The SMILES string of the molecule is CC(C)C(CCO)NC(=O)C(C1CC1)C1CC1. The molecule has 0 aliphatic heterocycles. The predicted molar refractivity (Wildman–Crippen MR) is 67.4 cm³/mol. The molecule has 2 aliphatic carbocycles. The maximum Gasteiger partial charge on any atom is 0.223 e. The standard InChI is InChI=1S/C14H25NO2/c1-9(2)12(7-8-16)15-14(17)13(10-3-4-10)11-5-6-11/h9-13,16H,3-8H2,1-2H3,(H,15,17). The molecule has 0 radical (unpaired) electrons. The van der Waals surface area contributed by atoms with Gasteiger partial charge in [0, 0.05) is 18.6 Å². The molecule has 2 saturated carbocycles. The predicted octanol–water partition coefficient (Wildman–Crippen LogP) is 1.95. The number of carbonyl (C=O) groups is 1. The van der Waals surface area contributed by atoms with E-state index in [-0.39, 0.29) is 24.5 Å². The van der Waals surface area contributed by atoms with Crippen molar-refractivity contribution < 1.29 is 9.90 Å². The Labute approximate surface area is 104 Å². The first-order chi connectivity index (χ1) is 8.13. The van der Waals surface area contributed by atoms with Crippen molar-refractivity contribution in [1.82, 2.24) is 5.32 Å². The van der Waals surface area contributed by atoms with Crippen LogP contribution in [0.2, 0.25) is 0 Å². The topological polar surface area (TPSA) is 49.3 Å². The van der Waals surface area contributed by atoms with E-state index in [1.165, 1.54) is 25.7 Å². The van der Waals surface area contributed by atoms with Gasteiger partial charge < -0.3 is 10.4 Å². The lowest BCUT2D eigenvalue weighted by Crippen LogP contribution is -2.43. The molecule has 2 N–H and O–H groups in total. The van der Waals surface area contributed by atoms with E-state index >= 15 is 0 Å². The Hall–Kier alpha value is -0.570. The number of rotatable bonds is 7. The summed E-state index contributed by atoms with van der Waals surface area (Å²) in [5.74, 6) is 2.23. The van der Waals surface area contributed by atoms with Gasteiger partial charge >= 0.3 is 0 Å². The van der Waals surface area contributed by atoms with Gasteiger partial charge in [-0.2, -0.15) is 0 Å². The summed E-state index contributed by atoms with van der Waals surface area (Å²) in [5.41, 5.74) is 0. The van der Waals surface area contributed by atoms with Gasteiger partial charge in [-0.05, 0) is 49.9 Å². The third-order valence-electron chi connectivity index (χ3n) is 4.13. The Bertz CT molecular complexity index is 257. The molecule has 0 saturated heterocycles. The van der Waals surface area contributed by atoms with E-state index < -0.39 is 0 Å². The quantitative estimate of drug-likeness (QED) is 0.713. The molecule has 1 amide bonds. The highest BCUT2D eigenvalue weighted by molar-refractivity contribution is 5.80. The summed E-state index contributed by atoms with van der Waals surface area (Å²) in [4.78, 5) is 12.3. The van der Waals surface area contributed by atoms with Crippen LogP contribution in [0.5, 0.6) is 0 Å². The Kier molecular flexibility index (Phi) is 4.08. The zero-order valence-corrected chi connectivity index (χ0v) is 11.0. The number of aliphatic hydroxyl groups excluding tert-OH is 1. The van der Waals surface area contributed by atoms with Crippen LogP contribution in [-0.2, 0) is 4.79 Å². The van der Waals surface area contributed by atoms with Gasteiger partial charge in [-0.3, -0.25) is 4.79 Å². The molecule has 2 aliphatic rings. The summed E-state index contributed by atoms with van der Waals surface area (Å²) in [7, 11) is 0. The third kappa shape index (κ3) is 3.44. The van der Waals surface area contributed by atoms with Gasteiger partial charge in [0.15, 0.2) is 0 Å². The second kappa shape index (κ2) is 5.38. The number of carbonyl (C=O) groups excluding carboxylic acids is 1. The second-order valence-corrected chi connectivity index (χ2v) is 6.07. The highest BCUT2D eigenvalue weighted by Crippen LogP contribution is 2.49. The molecule has 17 heavy (non-hydrogen) atoms. The molecule has 98 valence electrons. The van der Waals surface area contributed by atoms with Crippen LogP contribution in [0.1, 0.15) is 46.0 Å². The van der Waals surface area contributed by atoms with Crippen LogP contribution in [0.3, 0.4) is 0 Å². The van der Waals surface area contributed by atoms with Crippen molar-refractivity contribution in [3.05, 3.63) is 0 Å². The summed E-state index contributed by atoms with van der Waals surface area (Å²) in [6, 6.07) is 0.132. The van der Waals surface area contributed by atoms with E-state index in [9.17, 15) is 4.79 Å². The molecule has 0 heterocycles. The Balaban J connectivity index is 1.88. The molecule has 2 fully saturated rings. The molecular weight excluding hydrogens is 214 g/mol. The van der Waals surface area contributed by atoms with Gasteiger partial charge in [-0.15, -0.1) is 0 Å². The van der Waals surface area contributed by atoms with Gasteiger partial charge in [-0.25, -0.2) is 0 Å². The molecule has 1 unspecified atom stereocenters. The average molecular weight is 239 g/mol. The largest absolute Gasteiger partial charge is 0.396 e. The van der Waals surface area contributed by atoms with Crippen LogP contribution >= 0.6 is 0 Å². The first-order valence-electron chi connectivity index (χ1n) is 7.04. The molecular formula is C14H25NO2. The zero-order valence-electron chi connectivity index (χ0n) is 11.0. The molecule has 3 nitrogen and oxygen atoms in total. The van der Waals surface area contributed by atoms with Crippen LogP contribution in [0.25, 0.3) is 0 Å². The van der Waals surface area contributed by atoms with E-state index in [0.29, 0.717) is 24.2 Å². The van der Waals surface area contributed by atoms with Crippen LogP contribution in [0, 0.1) is 23.7 Å². The van der Waals surface area contributed by atoms with E-state index in [1.807, 2.05) is 0 Å². The maximum absolute atomic E-state index is 12.3. The minimum absolute atomic E-state index is 0.132. The molecule has 0 aromatic heterocycles. The Morgan fingerprint density at radius 3 is 2.12 bits per heavy atom. The maximum atomic E-state index is 12.3. The fraction of sp³-hybridized carbons (Fsp3) is 0.929. The highest BCUT2D eigenvalue weighted by atomic mass is 16.3. The van der Waals surface area contributed by atoms with Crippen LogP contribution in [-0.4, -0.2) is 23.7 Å². The average Bonchev–Trinajstić information content (AvgIpc) is 3.11. The Morgan fingerprint density at radius 1 is 1.24 bits per heavy atom. The Morgan fingerprint density at radius 2 is 1.76 bits per heavy atom. The smallest absolute Gasteiger partial charge is 0.223 e.